The molecule has 0 N–H and O–H groups in total. The topological polar surface area (TPSA) is 0 Å². The molecule has 0 atom stereocenters. The van der Waals surface area contributed by atoms with Crippen molar-refractivity contribution < 1.29 is 47.2 Å². The van der Waals surface area contributed by atoms with E-state index in [4.69, 9.17) is 0 Å². The van der Waals surface area contributed by atoms with Gasteiger partial charge in [0, 0.05) is 16.5 Å². The first-order valence-corrected chi connectivity index (χ1v) is 1.93. The maximum absolute atomic E-state index is 11.2. The van der Waals surface area contributed by atoms with Gasteiger partial charge in [-0.1, -0.05) is 0 Å². The van der Waals surface area contributed by atoms with Crippen molar-refractivity contribution in [3.8, 4) is 0 Å². The Morgan fingerprint density at radius 1 is 0.727 bits per heavy atom. The van der Waals surface area contributed by atoms with Gasteiger partial charge in [0.2, 0.25) is 0 Å². The summed E-state index contributed by atoms with van der Waals surface area (Å²) in [5, 5.41) is 0. The normalized spacial score (nSPS) is 13.1. The fourth-order valence-electron chi connectivity index (χ4n) is 0.186. The van der Waals surface area contributed by atoms with Crippen LogP contribution in [0.3, 0.4) is 0 Å². The van der Waals surface area contributed by atoms with Gasteiger partial charge < -0.3 is 0 Å². The summed E-state index contributed by atoms with van der Waals surface area (Å²) < 4.78 is 76.3. The summed E-state index contributed by atoms with van der Waals surface area (Å²) in [5.41, 5.74) is 0. The first kappa shape index (κ1) is 13.6. The van der Waals surface area contributed by atoms with Crippen molar-refractivity contribution in [1.29, 1.82) is 0 Å². The van der Waals surface area contributed by atoms with Crippen molar-refractivity contribution in [2.45, 2.75) is 18.5 Å². The van der Waals surface area contributed by atoms with E-state index in [9.17, 15) is 30.7 Å². The molecule has 0 unspecified atom stereocenters. The summed E-state index contributed by atoms with van der Waals surface area (Å²) in [6, 6.07) is 0. The molecule has 0 amide bonds. The summed E-state index contributed by atoms with van der Waals surface area (Å²) >= 11 is 0. The Hall–Kier alpha value is 0.00351. The second-order valence-electron chi connectivity index (χ2n) is 1.45. The number of halogens is 7. The van der Waals surface area contributed by atoms with Crippen molar-refractivity contribution in [3.05, 3.63) is 0 Å². The largest absolute Gasteiger partial charge is 0.428 e. The molecule has 0 fully saturated rings. The zero-order chi connectivity index (χ0) is 8.58. The van der Waals surface area contributed by atoms with Crippen molar-refractivity contribution in [3.63, 3.8) is 0 Å². The van der Waals surface area contributed by atoms with Gasteiger partial charge in [-0.05, 0) is 0 Å². The van der Waals surface area contributed by atoms with E-state index in [2.05, 4.69) is 0 Å². The van der Waals surface area contributed by atoms with Gasteiger partial charge in [0.25, 0.3) is 6.17 Å². The molecule has 0 saturated heterocycles. The van der Waals surface area contributed by atoms with Crippen LogP contribution in [0.5, 0.6) is 0 Å². The third-order valence-corrected chi connectivity index (χ3v) is 0.575. The van der Waals surface area contributed by atoms with E-state index in [1.165, 1.54) is 0 Å². The molecule has 0 heterocycles. The monoisotopic (exact) mass is 228 g/mol. The van der Waals surface area contributed by atoms with E-state index in [1.807, 2.05) is 0 Å². The van der Waals surface area contributed by atoms with Crippen LogP contribution in [-0.2, 0) is 16.5 Å². The van der Waals surface area contributed by atoms with Crippen molar-refractivity contribution in [2.75, 3.05) is 0 Å². The Bertz CT molecular complexity index is 97.8. The molecule has 0 aromatic heterocycles. The molecule has 0 aliphatic heterocycles. The zero-order valence-corrected chi connectivity index (χ0v) is 5.53. The molecule has 0 bridgehead atoms. The van der Waals surface area contributed by atoms with Gasteiger partial charge in [0.1, 0.15) is 0 Å². The second kappa shape index (κ2) is 3.60. The van der Waals surface area contributed by atoms with E-state index in [1.54, 1.807) is 0 Å². The van der Waals surface area contributed by atoms with Gasteiger partial charge in [-0.2, -0.15) is 26.3 Å². The molecule has 0 aromatic carbocycles. The Morgan fingerprint density at radius 3 is 0.909 bits per heavy atom. The van der Waals surface area contributed by atoms with E-state index >= 15 is 0 Å². The fraction of sp³-hybridized carbons (Fsp3) is 1.00. The van der Waals surface area contributed by atoms with Crippen LogP contribution in [-0.4, -0.2) is 18.5 Å². The van der Waals surface area contributed by atoms with Crippen LogP contribution < -0.4 is 0 Å². The molecule has 8 heteroatoms. The molecule has 0 spiro atoms. The van der Waals surface area contributed by atoms with Gasteiger partial charge in [-0.15, -0.1) is 0 Å². The average molecular weight is 229 g/mol. The Morgan fingerprint density at radius 2 is 0.909 bits per heavy atom. The second-order valence-corrected chi connectivity index (χ2v) is 1.45. The van der Waals surface area contributed by atoms with Crippen LogP contribution >= 0.6 is 0 Å². The first-order valence-electron chi connectivity index (χ1n) is 1.93. The predicted molar refractivity (Wildman–Crippen MR) is 17.0 cm³/mol. The number of rotatable bonds is 0. The minimum atomic E-state index is -5.85. The van der Waals surface area contributed by atoms with E-state index in [0.717, 1.165) is 0 Å². The molecular formula is C3HF7Ni. The molecule has 0 aromatic rings. The maximum atomic E-state index is 11.2. The fourth-order valence-corrected chi connectivity index (χ4v) is 0.186. The third kappa shape index (κ3) is 4.45. The molecule has 0 saturated carbocycles. The first-order chi connectivity index (χ1) is 4.15. The average Bonchev–Trinajstić information content (AvgIpc) is 1.59. The minimum Gasteiger partial charge on any atom is -0.227 e. The molecule has 0 rings (SSSR count). The van der Waals surface area contributed by atoms with Crippen molar-refractivity contribution in [1.82, 2.24) is 0 Å². The van der Waals surface area contributed by atoms with Crippen LogP contribution in [0.2, 0.25) is 0 Å². The van der Waals surface area contributed by atoms with Gasteiger partial charge in [-0.3, -0.25) is 0 Å². The SMILES string of the molecule is FC(C(F)(F)F)C(F)(F)F.[Ni]. The van der Waals surface area contributed by atoms with E-state index in [0.29, 0.717) is 0 Å². The standard InChI is InChI=1S/C3HF7.Ni/c4-1(2(5,6)7)3(8,9)10;/h1H;. The van der Waals surface area contributed by atoms with Crippen molar-refractivity contribution in [2.24, 2.45) is 0 Å². The Kier molecular flexibility index (Phi) is 4.45. The quantitative estimate of drug-likeness (QED) is 0.441. The van der Waals surface area contributed by atoms with Gasteiger partial charge in [0.05, 0.1) is 0 Å². The molecule has 0 radical (unpaired) electrons. The van der Waals surface area contributed by atoms with Crippen molar-refractivity contribution >= 4 is 0 Å². The zero-order valence-electron chi connectivity index (χ0n) is 4.54. The molecule has 11 heavy (non-hydrogen) atoms. The van der Waals surface area contributed by atoms with Crippen LogP contribution in [0.1, 0.15) is 0 Å². The molecule has 0 nitrogen and oxygen atoms in total. The third-order valence-electron chi connectivity index (χ3n) is 0.575. The smallest absolute Gasteiger partial charge is 0.227 e. The number of hydrogen-bond donors (Lipinski definition) is 0. The summed E-state index contributed by atoms with van der Waals surface area (Å²) in [4.78, 5) is 0. The molecule has 72 valence electrons. The molecular weight excluding hydrogens is 228 g/mol. The van der Waals surface area contributed by atoms with Crippen LogP contribution in [0, 0.1) is 0 Å². The summed E-state index contributed by atoms with van der Waals surface area (Å²) in [7, 11) is 0. The Balaban J connectivity index is 0. The Labute approximate surface area is 66.7 Å². The summed E-state index contributed by atoms with van der Waals surface area (Å²) in [6.45, 7) is 0. The van der Waals surface area contributed by atoms with Crippen LogP contribution in [0.25, 0.3) is 0 Å². The van der Waals surface area contributed by atoms with Gasteiger partial charge in [0.15, 0.2) is 0 Å². The molecule has 0 aliphatic rings. The van der Waals surface area contributed by atoms with Gasteiger partial charge in [-0.25, -0.2) is 4.39 Å². The van der Waals surface area contributed by atoms with E-state index in [-0.39, 0.29) is 16.5 Å². The number of alkyl halides is 7. The summed E-state index contributed by atoms with van der Waals surface area (Å²) in [5.74, 6) is 0. The minimum absolute atomic E-state index is 0. The van der Waals surface area contributed by atoms with E-state index < -0.39 is 18.5 Å². The predicted octanol–water partition coefficient (Wildman–Crippen LogP) is 2.45. The summed E-state index contributed by atoms with van der Waals surface area (Å²) in [6.07, 6.45) is -16.4. The number of hydrogen-bond acceptors (Lipinski definition) is 0. The maximum Gasteiger partial charge on any atom is 0.428 e. The van der Waals surface area contributed by atoms with Gasteiger partial charge >= 0.3 is 12.4 Å². The van der Waals surface area contributed by atoms with Crippen LogP contribution in [0.15, 0.2) is 0 Å². The van der Waals surface area contributed by atoms with Crippen LogP contribution in [0.4, 0.5) is 30.7 Å². The molecule has 0 aliphatic carbocycles.